The summed E-state index contributed by atoms with van der Waals surface area (Å²) >= 11 is 0. The first-order valence-corrected chi connectivity index (χ1v) is 24.9. The van der Waals surface area contributed by atoms with E-state index in [1.807, 2.05) is 140 Å². The number of hydrogen-bond donors (Lipinski definition) is 0. The molecule has 2 heterocycles. The number of aromatic nitrogens is 1. The summed E-state index contributed by atoms with van der Waals surface area (Å²) < 4.78 is 79.8. The third-order valence-corrected chi connectivity index (χ3v) is 17.1. The first kappa shape index (κ1) is 40.9. The molecule has 0 aliphatic heterocycles. The van der Waals surface area contributed by atoms with Crippen LogP contribution in [0.15, 0.2) is 186 Å². The zero-order valence-corrected chi connectivity index (χ0v) is 38.5. The number of furan rings is 1. The highest BCUT2D eigenvalue weighted by atomic mass is 19.2. The van der Waals surface area contributed by atoms with Crippen LogP contribution in [0.25, 0.3) is 82.8 Å². The highest BCUT2D eigenvalue weighted by molar-refractivity contribution is 6.17. The molecule has 0 saturated heterocycles. The van der Waals surface area contributed by atoms with Crippen LogP contribution in [-0.2, 0) is 5.41 Å². The molecule has 7 heteroatoms. The molecule has 71 heavy (non-hydrogen) atoms. The lowest BCUT2D eigenvalue weighted by molar-refractivity contribution is -0.0399. The number of hydrogen-bond acceptors (Lipinski definition) is 2. The summed E-state index contributed by atoms with van der Waals surface area (Å²) in [5, 5.41) is 3.25. The first-order valence-electron chi connectivity index (χ1n) is 24.9. The fourth-order valence-corrected chi connectivity index (χ4v) is 14.6. The third kappa shape index (κ3) is 5.60. The van der Waals surface area contributed by atoms with Gasteiger partial charge in [0.15, 0.2) is 23.3 Å². The number of benzene rings is 9. The van der Waals surface area contributed by atoms with Crippen LogP contribution < -0.4 is 4.90 Å². The second-order valence-electron chi connectivity index (χ2n) is 20.5. The maximum Gasteiger partial charge on any atom is 0.186 e. The molecular weight excluding hydrogens is 889 g/mol. The van der Waals surface area contributed by atoms with E-state index < -0.39 is 34.5 Å². The highest BCUT2D eigenvalue weighted by Crippen LogP contribution is 2.69. The summed E-state index contributed by atoms with van der Waals surface area (Å²) in [7, 11) is 0. The van der Waals surface area contributed by atoms with Crippen LogP contribution in [0.4, 0.5) is 34.6 Å². The molecule has 4 fully saturated rings. The predicted molar refractivity (Wildman–Crippen MR) is 277 cm³/mol. The summed E-state index contributed by atoms with van der Waals surface area (Å²) in [6.07, 6.45) is 5.75. The zero-order chi connectivity index (χ0) is 47.3. The molecule has 0 N–H and O–H groups in total. The molecule has 5 aliphatic rings. The molecule has 9 aromatic carbocycles. The molecule has 1 spiro atoms. The van der Waals surface area contributed by atoms with Gasteiger partial charge in [-0.3, -0.25) is 0 Å². The Morgan fingerprint density at radius 3 is 1.90 bits per heavy atom. The molecule has 2 aromatic heterocycles. The molecule has 0 amide bonds. The van der Waals surface area contributed by atoms with Gasteiger partial charge in [-0.05, 0) is 155 Å². The number of halogens is 4. The van der Waals surface area contributed by atoms with Crippen molar-refractivity contribution in [3.05, 3.63) is 216 Å². The van der Waals surface area contributed by atoms with Gasteiger partial charge >= 0.3 is 0 Å². The van der Waals surface area contributed by atoms with Crippen molar-refractivity contribution in [1.82, 2.24) is 4.57 Å². The van der Waals surface area contributed by atoms with Crippen molar-refractivity contribution in [2.75, 3.05) is 4.90 Å². The van der Waals surface area contributed by atoms with Crippen LogP contribution in [0.2, 0.25) is 0 Å². The summed E-state index contributed by atoms with van der Waals surface area (Å²) in [4.78, 5) is 1.37. The fourth-order valence-electron chi connectivity index (χ4n) is 14.6. The molecule has 0 radical (unpaired) electrons. The highest BCUT2D eigenvalue weighted by Gasteiger charge is 2.61. The van der Waals surface area contributed by atoms with Gasteiger partial charge in [0.2, 0.25) is 0 Å². The van der Waals surface area contributed by atoms with Crippen molar-refractivity contribution in [2.24, 2.45) is 23.7 Å². The number of rotatable bonds is 6. The maximum atomic E-state index is 18.0. The molecule has 11 aromatic rings. The summed E-state index contributed by atoms with van der Waals surface area (Å²) in [5.74, 6) is -3.68. The van der Waals surface area contributed by atoms with Gasteiger partial charge in [-0.15, -0.1) is 0 Å². The Balaban J connectivity index is 0.962. The summed E-state index contributed by atoms with van der Waals surface area (Å²) in [6.45, 7) is 0. The molecule has 5 aliphatic carbocycles. The lowest BCUT2D eigenvalue weighted by Gasteiger charge is -2.61. The number of anilines is 3. The van der Waals surface area contributed by atoms with Gasteiger partial charge in [-0.25, -0.2) is 17.6 Å². The molecule has 16 rings (SSSR count). The van der Waals surface area contributed by atoms with Gasteiger partial charge in [0.05, 0.1) is 22.3 Å². The Morgan fingerprint density at radius 2 is 1.10 bits per heavy atom. The molecule has 4 bridgehead atoms. The average Bonchev–Trinajstić information content (AvgIpc) is 4.05. The van der Waals surface area contributed by atoms with Crippen molar-refractivity contribution in [1.29, 1.82) is 0 Å². The van der Waals surface area contributed by atoms with Gasteiger partial charge in [0, 0.05) is 38.3 Å². The van der Waals surface area contributed by atoms with E-state index in [-0.39, 0.29) is 11.0 Å². The second kappa shape index (κ2) is 15.1. The van der Waals surface area contributed by atoms with E-state index in [0.717, 1.165) is 92.0 Å². The topological polar surface area (TPSA) is 21.3 Å². The molecule has 344 valence electrons. The van der Waals surface area contributed by atoms with Gasteiger partial charge < -0.3 is 13.9 Å². The van der Waals surface area contributed by atoms with Crippen LogP contribution in [0, 0.1) is 46.9 Å². The van der Waals surface area contributed by atoms with Crippen LogP contribution in [0.3, 0.4) is 0 Å². The number of nitrogens with zero attached hydrogens (tertiary/aromatic N) is 2. The normalized spacial score (nSPS) is 20.7. The van der Waals surface area contributed by atoms with Gasteiger partial charge in [0.25, 0.3) is 0 Å². The lowest BCUT2D eigenvalue weighted by atomic mass is 9.43. The Labute approximate surface area is 407 Å². The second-order valence-corrected chi connectivity index (χ2v) is 20.5. The van der Waals surface area contributed by atoms with Crippen LogP contribution in [0.5, 0.6) is 0 Å². The average molecular weight is 933 g/mol. The zero-order valence-electron chi connectivity index (χ0n) is 38.5. The molecule has 3 nitrogen and oxygen atoms in total. The van der Waals surface area contributed by atoms with Crippen LogP contribution in [0.1, 0.15) is 43.2 Å². The SMILES string of the molecule is Fc1c(F)c(N(c2cccc(-c3cccc4oc5ccccc5c34)c2)c2cccc3c2c2ccccc2n3-c2ccccc2)c(F)c(F)c1-c1ccc2c(c1)C1(c3ccccc3-2)C2CC3CC(C2)CC1C3. The van der Waals surface area contributed by atoms with Gasteiger partial charge in [-0.1, -0.05) is 121 Å². The molecule has 0 unspecified atom stereocenters. The molecule has 4 saturated carbocycles. The quantitative estimate of drug-likeness (QED) is 0.122. The molecule has 0 atom stereocenters. The Bertz CT molecular complexity index is 3980. The van der Waals surface area contributed by atoms with Crippen molar-refractivity contribution >= 4 is 60.8 Å². The minimum absolute atomic E-state index is 0.131. The van der Waals surface area contributed by atoms with Crippen molar-refractivity contribution in [2.45, 2.75) is 37.5 Å². The number of fused-ring (bicyclic) bond motifs is 9. The van der Waals surface area contributed by atoms with E-state index in [9.17, 15) is 0 Å². The van der Waals surface area contributed by atoms with E-state index in [2.05, 4.69) is 28.8 Å². The lowest BCUT2D eigenvalue weighted by Crippen LogP contribution is -2.55. The van der Waals surface area contributed by atoms with Gasteiger partial charge in [-0.2, -0.15) is 0 Å². The maximum absolute atomic E-state index is 18.0. The van der Waals surface area contributed by atoms with Crippen molar-refractivity contribution in [3.63, 3.8) is 0 Å². The predicted octanol–water partition coefficient (Wildman–Crippen LogP) is 17.8. The van der Waals surface area contributed by atoms with E-state index in [1.54, 1.807) is 18.2 Å². The Kier molecular flexibility index (Phi) is 8.68. The number of para-hydroxylation sites is 3. The van der Waals surface area contributed by atoms with Crippen LogP contribution >= 0.6 is 0 Å². The summed E-state index contributed by atoms with van der Waals surface area (Å²) in [6, 6.07) is 58.2. The minimum Gasteiger partial charge on any atom is -0.456 e. The van der Waals surface area contributed by atoms with E-state index in [4.69, 9.17) is 4.42 Å². The third-order valence-electron chi connectivity index (χ3n) is 17.1. The van der Waals surface area contributed by atoms with E-state index in [0.29, 0.717) is 46.0 Å². The fraction of sp³-hybridized carbons (Fsp3) is 0.156. The monoisotopic (exact) mass is 932 g/mol. The van der Waals surface area contributed by atoms with E-state index >= 15 is 17.6 Å². The van der Waals surface area contributed by atoms with Gasteiger partial charge in [0.1, 0.15) is 16.9 Å². The first-order chi connectivity index (χ1) is 34.9. The van der Waals surface area contributed by atoms with Crippen molar-refractivity contribution in [3.8, 4) is 39.1 Å². The van der Waals surface area contributed by atoms with E-state index in [1.165, 1.54) is 16.9 Å². The Morgan fingerprint density at radius 1 is 0.465 bits per heavy atom. The minimum atomic E-state index is -1.48. The van der Waals surface area contributed by atoms with Crippen LogP contribution in [-0.4, -0.2) is 4.57 Å². The molecular formula is C64H44F4N2O. The largest absolute Gasteiger partial charge is 0.456 e. The standard InChI is InChI=1S/C64H44F4N2O/c65-59-56(39-27-28-46-45-17-4-7-21-49(45)64(50(46)35-39)40-30-36-29-37(32-40)33-41(64)31-36)60(66)62(68)63(61(59)67)70(43-16-10-13-38(34-43)44-20-11-26-55-57(44)48-19-6-9-25-54(48)71-55)53-24-12-23-52-58(53)47-18-5-8-22-51(47)69(52)42-14-2-1-3-15-42/h1-28,34-37,40-41H,29-33H2. The smallest absolute Gasteiger partial charge is 0.186 e. The Hall–Kier alpha value is -7.90. The summed E-state index contributed by atoms with van der Waals surface area (Å²) in [5.41, 5.74) is 8.90. The van der Waals surface area contributed by atoms with Crippen molar-refractivity contribution < 1.29 is 22.0 Å².